The summed E-state index contributed by atoms with van der Waals surface area (Å²) in [7, 11) is 1.54. The van der Waals surface area contributed by atoms with Gasteiger partial charge in [-0.2, -0.15) is 5.10 Å². The molecule has 88 valence electrons. The fourth-order valence-corrected chi connectivity index (χ4v) is 1.39. The lowest BCUT2D eigenvalue weighted by atomic mass is 10.3. The second kappa shape index (κ2) is 4.65. The van der Waals surface area contributed by atoms with Crippen LogP contribution >= 0.6 is 0 Å². The van der Waals surface area contributed by atoms with Crippen molar-refractivity contribution in [3.63, 3.8) is 0 Å². The average Bonchev–Trinajstić information content (AvgIpc) is 2.34. The van der Waals surface area contributed by atoms with E-state index < -0.39 is 0 Å². The summed E-state index contributed by atoms with van der Waals surface area (Å²) in [6.45, 7) is 0.265. The molecule has 0 saturated carbocycles. The number of methoxy groups -OCH3 is 1. The molecule has 2 aromatic heterocycles. The van der Waals surface area contributed by atoms with Crippen molar-refractivity contribution in [2.24, 2.45) is 0 Å². The quantitative estimate of drug-likeness (QED) is 0.821. The van der Waals surface area contributed by atoms with Crippen molar-refractivity contribution in [1.82, 2.24) is 14.8 Å². The maximum absolute atomic E-state index is 11.5. The Bertz CT molecular complexity index is 580. The van der Waals surface area contributed by atoms with Crippen LogP contribution < -0.4 is 16.0 Å². The number of aromatic nitrogens is 3. The number of ether oxygens (including phenoxy) is 1. The lowest BCUT2D eigenvalue weighted by Crippen LogP contribution is -2.23. The van der Waals surface area contributed by atoms with Gasteiger partial charge in [-0.1, -0.05) is 6.07 Å². The van der Waals surface area contributed by atoms with Crippen LogP contribution in [-0.4, -0.2) is 21.9 Å². The summed E-state index contributed by atoms with van der Waals surface area (Å²) in [4.78, 5) is 15.7. The molecular weight excluding hydrogens is 220 g/mol. The van der Waals surface area contributed by atoms with E-state index in [2.05, 4.69) is 10.1 Å². The highest BCUT2D eigenvalue weighted by atomic mass is 16.5. The molecular formula is C11H12N4O2. The number of nitrogens with two attached hydrogens (primary N) is 1. The first-order valence-corrected chi connectivity index (χ1v) is 5.02. The monoisotopic (exact) mass is 232 g/mol. The number of nitrogen functional groups attached to an aromatic ring is 1. The van der Waals surface area contributed by atoms with Crippen LogP contribution in [0.15, 0.2) is 35.1 Å². The summed E-state index contributed by atoms with van der Waals surface area (Å²) in [5.74, 6) is 0.798. The van der Waals surface area contributed by atoms with Gasteiger partial charge < -0.3 is 10.5 Å². The van der Waals surface area contributed by atoms with Gasteiger partial charge in [0.05, 0.1) is 19.3 Å². The molecule has 0 saturated heterocycles. The smallest absolute Gasteiger partial charge is 0.267 e. The van der Waals surface area contributed by atoms with Crippen molar-refractivity contribution in [3.8, 4) is 5.88 Å². The minimum absolute atomic E-state index is 0.219. The zero-order chi connectivity index (χ0) is 12.3. The Morgan fingerprint density at radius 1 is 1.35 bits per heavy atom. The molecule has 0 amide bonds. The number of pyridine rings is 1. The van der Waals surface area contributed by atoms with Gasteiger partial charge >= 0.3 is 0 Å². The molecule has 0 aliphatic carbocycles. The molecule has 0 aliphatic rings. The van der Waals surface area contributed by atoms with Crippen molar-refractivity contribution in [1.29, 1.82) is 0 Å². The summed E-state index contributed by atoms with van der Waals surface area (Å²) in [5.41, 5.74) is 5.99. The van der Waals surface area contributed by atoms with Gasteiger partial charge in [-0.15, -0.1) is 0 Å². The average molecular weight is 232 g/mol. The first-order chi connectivity index (χ1) is 8.19. The van der Waals surface area contributed by atoms with Gasteiger partial charge in [-0.25, -0.2) is 9.67 Å². The third kappa shape index (κ3) is 2.60. The highest BCUT2D eigenvalue weighted by Crippen LogP contribution is 2.07. The fourth-order valence-electron chi connectivity index (χ4n) is 1.39. The minimum atomic E-state index is -0.219. The second-order valence-corrected chi connectivity index (χ2v) is 3.43. The fraction of sp³-hybridized carbons (Fsp3) is 0.182. The molecule has 0 atom stereocenters. The van der Waals surface area contributed by atoms with E-state index in [1.165, 1.54) is 23.9 Å². The lowest BCUT2D eigenvalue weighted by molar-refractivity contribution is 0.395. The van der Waals surface area contributed by atoms with Crippen LogP contribution in [0.4, 0.5) is 5.82 Å². The molecule has 0 bridgehead atoms. The maximum Gasteiger partial charge on any atom is 0.267 e. The first-order valence-electron chi connectivity index (χ1n) is 5.02. The largest absolute Gasteiger partial charge is 0.481 e. The third-order valence-electron chi connectivity index (χ3n) is 2.19. The molecule has 0 aliphatic heterocycles. The molecule has 6 nitrogen and oxygen atoms in total. The zero-order valence-corrected chi connectivity index (χ0v) is 9.33. The van der Waals surface area contributed by atoms with Crippen LogP contribution in [0.25, 0.3) is 0 Å². The van der Waals surface area contributed by atoms with Crippen LogP contribution in [-0.2, 0) is 6.54 Å². The van der Waals surface area contributed by atoms with E-state index in [9.17, 15) is 4.79 Å². The van der Waals surface area contributed by atoms with Crippen LogP contribution in [0.1, 0.15) is 5.69 Å². The molecule has 0 radical (unpaired) electrons. The van der Waals surface area contributed by atoms with E-state index in [4.69, 9.17) is 10.5 Å². The van der Waals surface area contributed by atoms with Crippen LogP contribution in [0.5, 0.6) is 5.88 Å². The van der Waals surface area contributed by atoms with Crippen molar-refractivity contribution < 1.29 is 4.74 Å². The molecule has 2 aromatic rings. The van der Waals surface area contributed by atoms with E-state index >= 15 is 0 Å². The van der Waals surface area contributed by atoms with Gasteiger partial charge in [-0.05, 0) is 12.1 Å². The summed E-state index contributed by atoms with van der Waals surface area (Å²) in [6.07, 6.45) is 0. The van der Waals surface area contributed by atoms with Crippen LogP contribution in [0, 0.1) is 0 Å². The van der Waals surface area contributed by atoms with Crippen LogP contribution in [0.2, 0.25) is 0 Å². The molecule has 0 fully saturated rings. The lowest BCUT2D eigenvalue weighted by Gasteiger charge is -2.05. The van der Waals surface area contributed by atoms with Gasteiger partial charge in [0.25, 0.3) is 5.56 Å². The van der Waals surface area contributed by atoms with E-state index in [1.807, 2.05) is 0 Å². The number of hydrogen-bond donors (Lipinski definition) is 1. The SMILES string of the molecule is COc1cccc(Cn2nc(N)ccc2=O)n1. The predicted octanol–water partition coefficient (Wildman–Crippen LogP) is 0.277. The van der Waals surface area contributed by atoms with Gasteiger partial charge in [0.1, 0.15) is 5.82 Å². The first kappa shape index (κ1) is 11.1. The van der Waals surface area contributed by atoms with E-state index in [-0.39, 0.29) is 12.1 Å². The number of rotatable bonds is 3. The number of hydrogen-bond acceptors (Lipinski definition) is 5. The molecule has 0 aromatic carbocycles. The number of nitrogens with zero attached hydrogens (tertiary/aromatic N) is 3. The zero-order valence-electron chi connectivity index (χ0n) is 9.33. The maximum atomic E-state index is 11.5. The topological polar surface area (TPSA) is 83.0 Å². The molecule has 2 N–H and O–H groups in total. The van der Waals surface area contributed by atoms with Crippen molar-refractivity contribution >= 4 is 5.82 Å². The van der Waals surface area contributed by atoms with Gasteiger partial charge in [0.15, 0.2) is 0 Å². The Morgan fingerprint density at radius 2 is 2.18 bits per heavy atom. The van der Waals surface area contributed by atoms with Crippen molar-refractivity contribution in [2.75, 3.05) is 12.8 Å². The minimum Gasteiger partial charge on any atom is -0.481 e. The van der Waals surface area contributed by atoms with Crippen molar-refractivity contribution in [2.45, 2.75) is 6.54 Å². The summed E-state index contributed by atoms with van der Waals surface area (Å²) in [5, 5.41) is 3.92. The predicted molar refractivity (Wildman–Crippen MR) is 62.8 cm³/mol. The Hall–Kier alpha value is -2.37. The van der Waals surface area contributed by atoms with Crippen LogP contribution in [0.3, 0.4) is 0 Å². The summed E-state index contributed by atoms with van der Waals surface area (Å²) < 4.78 is 6.26. The Morgan fingerprint density at radius 3 is 2.94 bits per heavy atom. The molecule has 2 heterocycles. The Balaban J connectivity index is 2.31. The second-order valence-electron chi connectivity index (χ2n) is 3.43. The molecule has 0 unspecified atom stereocenters. The van der Waals surface area contributed by atoms with E-state index in [1.54, 1.807) is 18.2 Å². The van der Waals surface area contributed by atoms with Gasteiger partial charge in [-0.3, -0.25) is 4.79 Å². The van der Waals surface area contributed by atoms with E-state index in [0.29, 0.717) is 17.4 Å². The summed E-state index contributed by atoms with van der Waals surface area (Å²) in [6, 6.07) is 8.18. The molecule has 0 spiro atoms. The number of anilines is 1. The highest BCUT2D eigenvalue weighted by Gasteiger charge is 2.02. The standard InChI is InChI=1S/C11H12N4O2/c1-17-10-4-2-3-8(13-10)7-15-11(16)6-5-9(12)14-15/h2-6H,7H2,1H3,(H2,12,14). The Labute approximate surface area is 97.7 Å². The molecule has 2 rings (SSSR count). The Kier molecular flexibility index (Phi) is 3.04. The third-order valence-corrected chi connectivity index (χ3v) is 2.19. The van der Waals surface area contributed by atoms with Gasteiger partial charge in [0, 0.05) is 12.1 Å². The summed E-state index contributed by atoms with van der Waals surface area (Å²) >= 11 is 0. The highest BCUT2D eigenvalue weighted by molar-refractivity contribution is 5.24. The normalized spacial score (nSPS) is 10.2. The van der Waals surface area contributed by atoms with E-state index in [0.717, 1.165) is 0 Å². The van der Waals surface area contributed by atoms with Crippen molar-refractivity contribution in [3.05, 3.63) is 46.4 Å². The van der Waals surface area contributed by atoms with Gasteiger partial charge in [0.2, 0.25) is 5.88 Å². The molecule has 17 heavy (non-hydrogen) atoms. The molecule has 6 heteroatoms.